The molecule has 1 rings (SSSR count). The first-order valence-corrected chi connectivity index (χ1v) is 3.26. The van der Waals surface area contributed by atoms with Crippen molar-refractivity contribution >= 4 is 5.91 Å². The number of rotatable bonds is 1. The molecule has 13 heavy (non-hydrogen) atoms. The Labute approximate surface area is 72.4 Å². The molecule has 5 heteroatoms. The number of carbonyl (C=O) groups is 1. The van der Waals surface area contributed by atoms with Gasteiger partial charge in [0.25, 0.3) is 5.91 Å². The van der Waals surface area contributed by atoms with Crippen molar-refractivity contribution in [2.24, 2.45) is 5.73 Å². The number of nitriles is 1. The second-order valence-corrected chi connectivity index (χ2v) is 2.26. The van der Waals surface area contributed by atoms with Gasteiger partial charge >= 0.3 is 0 Å². The molecule has 0 aliphatic carbocycles. The van der Waals surface area contributed by atoms with Gasteiger partial charge in [0, 0.05) is 0 Å². The summed E-state index contributed by atoms with van der Waals surface area (Å²) < 4.78 is 25.7. The van der Waals surface area contributed by atoms with Crippen LogP contribution < -0.4 is 5.73 Å². The van der Waals surface area contributed by atoms with Gasteiger partial charge in [0.05, 0.1) is 5.56 Å². The van der Waals surface area contributed by atoms with E-state index < -0.39 is 28.7 Å². The van der Waals surface area contributed by atoms with Crippen LogP contribution in [0.5, 0.6) is 0 Å². The Balaban J connectivity index is 3.47. The molecule has 0 aliphatic heterocycles. The first-order chi connectivity index (χ1) is 6.07. The number of hydrogen-bond acceptors (Lipinski definition) is 2. The summed E-state index contributed by atoms with van der Waals surface area (Å²) in [7, 11) is 0. The van der Waals surface area contributed by atoms with E-state index in [-0.39, 0.29) is 0 Å². The molecular formula is C8H4F2N2O. The molecule has 0 saturated heterocycles. The Morgan fingerprint density at radius 1 is 1.46 bits per heavy atom. The number of amides is 1. The second kappa shape index (κ2) is 3.19. The molecule has 0 unspecified atom stereocenters. The van der Waals surface area contributed by atoms with Gasteiger partial charge in [-0.1, -0.05) is 0 Å². The Morgan fingerprint density at radius 3 is 2.54 bits per heavy atom. The first-order valence-electron chi connectivity index (χ1n) is 3.26. The fourth-order valence-corrected chi connectivity index (χ4v) is 0.845. The fourth-order valence-electron chi connectivity index (χ4n) is 0.845. The van der Waals surface area contributed by atoms with Gasteiger partial charge in [0.2, 0.25) is 0 Å². The minimum absolute atomic E-state index is 0.488. The van der Waals surface area contributed by atoms with Gasteiger partial charge in [0.15, 0.2) is 5.82 Å². The smallest absolute Gasteiger partial charge is 0.251 e. The van der Waals surface area contributed by atoms with Crippen LogP contribution in [0, 0.1) is 23.0 Å². The number of halogens is 2. The lowest BCUT2D eigenvalue weighted by Gasteiger charge is -1.99. The van der Waals surface area contributed by atoms with Crippen molar-refractivity contribution in [1.82, 2.24) is 0 Å². The summed E-state index contributed by atoms with van der Waals surface area (Å²) >= 11 is 0. The Kier molecular flexibility index (Phi) is 2.24. The Bertz CT molecular complexity index is 409. The zero-order valence-corrected chi connectivity index (χ0v) is 6.34. The summed E-state index contributed by atoms with van der Waals surface area (Å²) in [4.78, 5) is 10.6. The van der Waals surface area contributed by atoms with Crippen LogP contribution in [0.4, 0.5) is 8.78 Å². The number of benzene rings is 1. The monoisotopic (exact) mass is 182 g/mol. The molecule has 0 radical (unpaired) electrons. The van der Waals surface area contributed by atoms with E-state index in [1.165, 1.54) is 6.07 Å². The summed E-state index contributed by atoms with van der Waals surface area (Å²) in [6.45, 7) is 0. The van der Waals surface area contributed by atoms with Crippen molar-refractivity contribution in [1.29, 1.82) is 5.26 Å². The summed E-state index contributed by atoms with van der Waals surface area (Å²) in [6.07, 6.45) is 0. The third-order valence-corrected chi connectivity index (χ3v) is 1.47. The van der Waals surface area contributed by atoms with Crippen molar-refractivity contribution in [2.75, 3.05) is 0 Å². The lowest BCUT2D eigenvalue weighted by atomic mass is 10.1. The number of hydrogen-bond donors (Lipinski definition) is 1. The molecule has 1 amide bonds. The zero-order chi connectivity index (χ0) is 10.0. The number of nitrogens with zero attached hydrogens (tertiary/aromatic N) is 1. The predicted molar refractivity (Wildman–Crippen MR) is 39.6 cm³/mol. The standard InChI is InChI=1S/C8H4F2N2O/c9-6-2-1-4(8(12)13)7(10)5(6)3-11/h1-2H,(H2,12,13). The van der Waals surface area contributed by atoms with E-state index >= 15 is 0 Å². The highest BCUT2D eigenvalue weighted by Crippen LogP contribution is 2.15. The number of primary amides is 1. The van der Waals surface area contributed by atoms with Gasteiger partial charge in [0.1, 0.15) is 17.4 Å². The van der Waals surface area contributed by atoms with E-state index in [4.69, 9.17) is 11.0 Å². The van der Waals surface area contributed by atoms with Crippen LogP contribution in [-0.4, -0.2) is 5.91 Å². The SMILES string of the molecule is N#Cc1c(F)ccc(C(N)=O)c1F. The third-order valence-electron chi connectivity index (χ3n) is 1.47. The van der Waals surface area contributed by atoms with Crippen molar-refractivity contribution in [3.05, 3.63) is 34.9 Å². The predicted octanol–water partition coefficient (Wildman–Crippen LogP) is 0.935. The average molecular weight is 182 g/mol. The normalized spacial score (nSPS) is 9.31. The topological polar surface area (TPSA) is 66.9 Å². The molecule has 0 atom stereocenters. The molecule has 0 aliphatic rings. The molecule has 3 nitrogen and oxygen atoms in total. The maximum Gasteiger partial charge on any atom is 0.251 e. The van der Waals surface area contributed by atoms with Gasteiger partial charge in [-0.15, -0.1) is 0 Å². The van der Waals surface area contributed by atoms with Crippen molar-refractivity contribution in [3.63, 3.8) is 0 Å². The molecule has 1 aromatic rings. The summed E-state index contributed by atoms with van der Waals surface area (Å²) in [6, 6.07) is 3.02. The van der Waals surface area contributed by atoms with E-state index in [1.54, 1.807) is 0 Å². The fraction of sp³-hybridized carbons (Fsp3) is 0. The van der Waals surface area contributed by atoms with E-state index in [0.717, 1.165) is 12.1 Å². The largest absolute Gasteiger partial charge is 0.366 e. The first kappa shape index (κ1) is 9.13. The van der Waals surface area contributed by atoms with Crippen LogP contribution in [-0.2, 0) is 0 Å². The summed E-state index contributed by atoms with van der Waals surface area (Å²) in [5.74, 6) is -3.26. The van der Waals surface area contributed by atoms with Gasteiger partial charge < -0.3 is 5.73 Å². The van der Waals surface area contributed by atoms with Gasteiger partial charge in [-0.3, -0.25) is 4.79 Å². The maximum atomic E-state index is 13.0. The van der Waals surface area contributed by atoms with Crippen LogP contribution in [0.2, 0.25) is 0 Å². The lowest BCUT2D eigenvalue weighted by molar-refractivity contribution is 0.0996. The average Bonchev–Trinajstić information content (AvgIpc) is 2.04. The number of carbonyl (C=O) groups excluding carboxylic acids is 1. The van der Waals surface area contributed by atoms with Crippen molar-refractivity contribution in [3.8, 4) is 6.07 Å². The second-order valence-electron chi connectivity index (χ2n) is 2.26. The van der Waals surface area contributed by atoms with E-state index in [0.29, 0.717) is 0 Å². The molecule has 0 bridgehead atoms. The number of nitrogens with two attached hydrogens (primary N) is 1. The molecule has 1 aromatic carbocycles. The van der Waals surface area contributed by atoms with E-state index in [2.05, 4.69) is 0 Å². The highest BCUT2D eigenvalue weighted by Gasteiger charge is 2.15. The van der Waals surface area contributed by atoms with Gasteiger partial charge in [-0.25, -0.2) is 8.78 Å². The van der Waals surface area contributed by atoms with Crippen molar-refractivity contribution < 1.29 is 13.6 Å². The quantitative estimate of drug-likeness (QED) is 0.702. The van der Waals surface area contributed by atoms with Crippen LogP contribution in [0.1, 0.15) is 15.9 Å². The summed E-state index contributed by atoms with van der Waals surface area (Å²) in [5, 5.41) is 8.32. The minimum Gasteiger partial charge on any atom is -0.366 e. The van der Waals surface area contributed by atoms with Crippen molar-refractivity contribution in [2.45, 2.75) is 0 Å². The zero-order valence-electron chi connectivity index (χ0n) is 6.34. The molecule has 66 valence electrons. The Morgan fingerprint density at radius 2 is 2.08 bits per heavy atom. The van der Waals surface area contributed by atoms with Gasteiger partial charge in [-0.05, 0) is 12.1 Å². The highest BCUT2D eigenvalue weighted by molar-refractivity contribution is 5.93. The molecular weight excluding hydrogens is 178 g/mol. The third kappa shape index (κ3) is 1.47. The van der Waals surface area contributed by atoms with Crippen LogP contribution in [0.15, 0.2) is 12.1 Å². The Hall–Kier alpha value is -1.96. The summed E-state index contributed by atoms with van der Waals surface area (Å²) in [5.41, 5.74) is 3.49. The molecule has 0 heterocycles. The minimum atomic E-state index is -1.21. The van der Waals surface area contributed by atoms with E-state index in [9.17, 15) is 13.6 Å². The lowest BCUT2D eigenvalue weighted by Crippen LogP contribution is -2.14. The van der Waals surface area contributed by atoms with Gasteiger partial charge in [-0.2, -0.15) is 5.26 Å². The van der Waals surface area contributed by atoms with Crippen LogP contribution in [0.3, 0.4) is 0 Å². The maximum absolute atomic E-state index is 13.0. The molecule has 2 N–H and O–H groups in total. The molecule has 0 aromatic heterocycles. The molecule has 0 spiro atoms. The molecule has 0 saturated carbocycles. The van der Waals surface area contributed by atoms with E-state index in [1.807, 2.05) is 0 Å². The van der Waals surface area contributed by atoms with Crippen LogP contribution in [0.25, 0.3) is 0 Å². The molecule has 0 fully saturated rings. The van der Waals surface area contributed by atoms with Crippen LogP contribution >= 0.6 is 0 Å². The highest BCUT2D eigenvalue weighted by atomic mass is 19.1.